The van der Waals surface area contributed by atoms with Crippen molar-refractivity contribution >= 4 is 17.3 Å². The summed E-state index contributed by atoms with van der Waals surface area (Å²) >= 11 is 0. The Hall–Kier alpha value is -2.93. The molecule has 0 aliphatic carbocycles. The monoisotopic (exact) mass is 454 g/mol. The third-order valence-electron chi connectivity index (χ3n) is 6.08. The minimum atomic E-state index is 0.186. The topological polar surface area (TPSA) is 66.1 Å². The molecular formula is C26H38N4O3. The van der Waals surface area contributed by atoms with Crippen LogP contribution in [-0.4, -0.2) is 71.8 Å². The smallest absolute Gasteiger partial charge is 0.227 e. The number of ether oxygens (including phenoxy) is 2. The van der Waals surface area contributed by atoms with Crippen molar-refractivity contribution in [1.82, 2.24) is 10.2 Å². The second-order valence-corrected chi connectivity index (χ2v) is 8.61. The van der Waals surface area contributed by atoms with Gasteiger partial charge >= 0.3 is 0 Å². The highest BCUT2D eigenvalue weighted by molar-refractivity contribution is 5.80. The van der Waals surface area contributed by atoms with Crippen LogP contribution in [0.3, 0.4) is 0 Å². The van der Waals surface area contributed by atoms with Crippen LogP contribution in [0.2, 0.25) is 0 Å². The maximum absolute atomic E-state index is 12.8. The second-order valence-electron chi connectivity index (χ2n) is 8.61. The molecule has 1 amide bonds. The van der Waals surface area contributed by atoms with Crippen LogP contribution in [0.4, 0.5) is 11.4 Å². The van der Waals surface area contributed by atoms with E-state index in [9.17, 15) is 4.79 Å². The van der Waals surface area contributed by atoms with Gasteiger partial charge in [-0.2, -0.15) is 0 Å². The molecule has 7 nitrogen and oxygen atoms in total. The number of hydrogen-bond donors (Lipinski definition) is 2. The number of methoxy groups -OCH3 is 2. The van der Waals surface area contributed by atoms with E-state index in [1.165, 1.54) is 11.3 Å². The van der Waals surface area contributed by atoms with Crippen LogP contribution in [0.1, 0.15) is 24.0 Å². The van der Waals surface area contributed by atoms with E-state index in [1.807, 2.05) is 31.1 Å². The molecule has 0 aromatic heterocycles. The van der Waals surface area contributed by atoms with Gasteiger partial charge in [0.1, 0.15) is 0 Å². The normalized spacial score (nSPS) is 13.3. The minimum Gasteiger partial charge on any atom is -0.493 e. The molecule has 0 atom stereocenters. The second kappa shape index (κ2) is 12.3. The molecular weight excluding hydrogens is 416 g/mol. The van der Waals surface area contributed by atoms with Gasteiger partial charge in [-0.3, -0.25) is 4.79 Å². The molecule has 0 spiro atoms. The molecule has 1 aliphatic heterocycles. The van der Waals surface area contributed by atoms with E-state index in [1.54, 1.807) is 14.2 Å². The van der Waals surface area contributed by atoms with Crippen LogP contribution in [0.25, 0.3) is 0 Å². The van der Waals surface area contributed by atoms with Gasteiger partial charge in [0.25, 0.3) is 0 Å². The first-order valence-corrected chi connectivity index (χ1v) is 11.8. The van der Waals surface area contributed by atoms with Gasteiger partial charge in [0, 0.05) is 45.1 Å². The van der Waals surface area contributed by atoms with E-state index in [4.69, 9.17) is 9.47 Å². The van der Waals surface area contributed by atoms with Crippen LogP contribution in [0.15, 0.2) is 36.4 Å². The average molecular weight is 455 g/mol. The Morgan fingerprint density at radius 3 is 2.27 bits per heavy atom. The van der Waals surface area contributed by atoms with Crippen LogP contribution < -0.4 is 25.0 Å². The Labute approximate surface area is 198 Å². The molecule has 0 fully saturated rings. The van der Waals surface area contributed by atoms with Gasteiger partial charge in [-0.25, -0.2) is 0 Å². The van der Waals surface area contributed by atoms with Gasteiger partial charge < -0.3 is 29.9 Å². The molecule has 180 valence electrons. The number of nitrogens with zero attached hydrogens (tertiary/aromatic N) is 2. The minimum absolute atomic E-state index is 0.186. The van der Waals surface area contributed by atoms with Crippen LogP contribution in [0, 0.1) is 0 Å². The predicted octanol–water partition coefficient (Wildman–Crippen LogP) is 3.18. The lowest BCUT2D eigenvalue weighted by molar-refractivity contribution is -0.130. The van der Waals surface area contributed by atoms with E-state index in [0.717, 1.165) is 69.0 Å². The van der Waals surface area contributed by atoms with Gasteiger partial charge in [0.15, 0.2) is 11.5 Å². The lowest BCUT2D eigenvalue weighted by Gasteiger charge is -2.20. The number of rotatable bonds is 12. The van der Waals surface area contributed by atoms with E-state index >= 15 is 0 Å². The van der Waals surface area contributed by atoms with E-state index < -0.39 is 0 Å². The highest BCUT2D eigenvalue weighted by Crippen LogP contribution is 2.32. The largest absolute Gasteiger partial charge is 0.493 e. The van der Waals surface area contributed by atoms with Crippen LogP contribution in [0.5, 0.6) is 11.5 Å². The van der Waals surface area contributed by atoms with E-state index in [2.05, 4.69) is 39.8 Å². The van der Waals surface area contributed by atoms with Gasteiger partial charge in [-0.1, -0.05) is 0 Å². The SMILES string of the molecule is COc1cc2c(cc1OC)CC(=O)N(CCCNCCCNc1ccc(N(C)C)cc1)CC2. The summed E-state index contributed by atoms with van der Waals surface area (Å²) in [6, 6.07) is 12.4. The molecule has 2 aromatic carbocycles. The van der Waals surface area contributed by atoms with Crippen molar-refractivity contribution in [2.75, 3.05) is 71.3 Å². The summed E-state index contributed by atoms with van der Waals surface area (Å²) in [6.45, 7) is 4.34. The molecule has 1 aliphatic rings. The number of fused-ring (bicyclic) bond motifs is 1. The Morgan fingerprint density at radius 1 is 0.939 bits per heavy atom. The summed E-state index contributed by atoms with van der Waals surface area (Å²) in [5, 5.41) is 6.96. The summed E-state index contributed by atoms with van der Waals surface area (Å²) in [6.07, 6.45) is 3.27. The molecule has 3 rings (SSSR count). The molecule has 0 saturated carbocycles. The van der Waals surface area contributed by atoms with Crippen molar-refractivity contribution < 1.29 is 14.3 Å². The summed E-state index contributed by atoms with van der Waals surface area (Å²) in [5.74, 6) is 1.59. The highest BCUT2D eigenvalue weighted by atomic mass is 16.5. The molecule has 0 unspecified atom stereocenters. The molecule has 0 saturated heterocycles. The van der Waals surface area contributed by atoms with E-state index in [0.29, 0.717) is 12.2 Å². The van der Waals surface area contributed by atoms with Crippen molar-refractivity contribution in [3.63, 3.8) is 0 Å². The first-order chi connectivity index (χ1) is 16.0. The van der Waals surface area contributed by atoms with Crippen molar-refractivity contribution in [3.8, 4) is 11.5 Å². The first-order valence-electron chi connectivity index (χ1n) is 11.8. The van der Waals surface area contributed by atoms with Gasteiger partial charge in [-0.05, 0) is 79.9 Å². The summed E-state index contributed by atoms with van der Waals surface area (Å²) in [7, 11) is 7.36. The number of carbonyl (C=O) groups is 1. The van der Waals surface area contributed by atoms with Crippen LogP contribution in [-0.2, 0) is 17.6 Å². The van der Waals surface area contributed by atoms with E-state index in [-0.39, 0.29) is 5.91 Å². The number of hydrogen-bond acceptors (Lipinski definition) is 6. The van der Waals surface area contributed by atoms with Gasteiger partial charge in [0.05, 0.1) is 20.6 Å². The third kappa shape index (κ3) is 7.02. The Kier molecular flexibility index (Phi) is 9.24. The Bertz CT molecular complexity index is 899. The number of carbonyl (C=O) groups excluding carboxylic acids is 1. The van der Waals surface area contributed by atoms with Crippen molar-refractivity contribution in [2.45, 2.75) is 25.7 Å². The lowest BCUT2D eigenvalue weighted by atomic mass is 10.0. The Morgan fingerprint density at radius 2 is 1.61 bits per heavy atom. The quantitative estimate of drug-likeness (QED) is 0.480. The number of benzene rings is 2. The fourth-order valence-electron chi connectivity index (χ4n) is 4.10. The third-order valence-corrected chi connectivity index (χ3v) is 6.08. The van der Waals surface area contributed by atoms with Crippen molar-refractivity contribution in [1.29, 1.82) is 0 Å². The van der Waals surface area contributed by atoms with Gasteiger partial charge in [0.2, 0.25) is 5.91 Å². The van der Waals surface area contributed by atoms with Crippen LogP contribution >= 0.6 is 0 Å². The maximum atomic E-state index is 12.8. The lowest BCUT2D eigenvalue weighted by Crippen LogP contribution is -2.34. The molecule has 7 heteroatoms. The summed E-state index contributed by atoms with van der Waals surface area (Å²) in [4.78, 5) is 16.8. The summed E-state index contributed by atoms with van der Waals surface area (Å²) in [5.41, 5.74) is 4.57. The average Bonchev–Trinajstić information content (AvgIpc) is 2.97. The zero-order chi connectivity index (χ0) is 23.6. The Balaban J connectivity index is 1.32. The molecule has 33 heavy (non-hydrogen) atoms. The summed E-state index contributed by atoms with van der Waals surface area (Å²) < 4.78 is 10.8. The fraction of sp³-hybridized carbons (Fsp3) is 0.500. The maximum Gasteiger partial charge on any atom is 0.227 e. The molecule has 1 heterocycles. The standard InChI is InChI=1S/C26H38N4O3/c1-29(2)23-9-7-22(8-10-23)28-14-5-12-27-13-6-15-30-16-11-20-17-24(32-3)25(33-4)18-21(20)19-26(30)31/h7-10,17-18,27-28H,5-6,11-16,19H2,1-4H3. The number of nitrogens with one attached hydrogen (secondary N) is 2. The van der Waals surface area contributed by atoms with Crippen molar-refractivity contribution in [3.05, 3.63) is 47.5 Å². The number of anilines is 2. The number of amides is 1. The molecule has 0 bridgehead atoms. The zero-order valence-corrected chi connectivity index (χ0v) is 20.4. The molecule has 2 aromatic rings. The zero-order valence-electron chi connectivity index (χ0n) is 20.4. The molecule has 2 N–H and O–H groups in total. The molecule has 0 radical (unpaired) electrons. The fourth-order valence-corrected chi connectivity index (χ4v) is 4.10. The first kappa shape index (κ1) is 24.7. The van der Waals surface area contributed by atoms with Crippen molar-refractivity contribution in [2.24, 2.45) is 0 Å². The van der Waals surface area contributed by atoms with Gasteiger partial charge in [-0.15, -0.1) is 0 Å². The predicted molar refractivity (Wildman–Crippen MR) is 135 cm³/mol. The highest BCUT2D eigenvalue weighted by Gasteiger charge is 2.22.